The Bertz CT molecular complexity index is 1120. The molecule has 0 aliphatic heterocycles. The zero-order valence-electron chi connectivity index (χ0n) is 24.4. The van der Waals surface area contributed by atoms with Gasteiger partial charge in [0.15, 0.2) is 0 Å². The number of amides is 2. The third-order valence-electron chi connectivity index (χ3n) is 6.58. The lowest BCUT2D eigenvalue weighted by atomic mass is 10.1. The summed E-state index contributed by atoms with van der Waals surface area (Å²) in [6.45, 7) is 0.387. The van der Waals surface area contributed by atoms with Gasteiger partial charge in [0.05, 0.1) is 13.2 Å². The first-order valence-corrected chi connectivity index (χ1v) is 14.1. The first-order chi connectivity index (χ1) is 19.7. The van der Waals surface area contributed by atoms with Gasteiger partial charge in [-0.3, -0.25) is 14.4 Å². The van der Waals surface area contributed by atoms with Crippen LogP contribution in [0, 0.1) is 0 Å². The van der Waals surface area contributed by atoms with E-state index in [1.165, 1.54) is 4.90 Å². The zero-order chi connectivity index (χ0) is 30.0. The largest absolute Gasteiger partial charge is 0.497 e. The van der Waals surface area contributed by atoms with Crippen molar-refractivity contribution in [1.29, 1.82) is 0 Å². The Morgan fingerprint density at radius 2 is 1.71 bits per heavy atom. The first-order valence-electron chi connectivity index (χ1n) is 14.1. The number of carbonyl (C=O) groups excluding carboxylic acids is 2. The van der Waals surface area contributed by atoms with E-state index in [1.807, 2.05) is 36.4 Å². The minimum absolute atomic E-state index is 0.0267. The van der Waals surface area contributed by atoms with Crippen LogP contribution in [0.3, 0.4) is 0 Å². The van der Waals surface area contributed by atoms with Gasteiger partial charge in [-0.15, -0.1) is 0 Å². The Labute approximate surface area is 243 Å². The van der Waals surface area contributed by atoms with Crippen LogP contribution in [0.2, 0.25) is 0 Å². The molecule has 0 aromatic heterocycles. The lowest BCUT2D eigenvalue weighted by Gasteiger charge is -2.21. The monoisotopic (exact) mass is 568 g/mol. The van der Waals surface area contributed by atoms with Gasteiger partial charge in [-0.2, -0.15) is 0 Å². The number of nitrogens with zero attached hydrogens (tertiary/aromatic N) is 1. The molecule has 0 saturated carbocycles. The number of methoxy groups -OCH3 is 1. The number of carboxylic acid groups (broad SMARTS) is 1. The predicted molar refractivity (Wildman–Crippen MR) is 159 cm³/mol. The molecular weight excluding hydrogens is 524 g/mol. The maximum absolute atomic E-state index is 12.6. The predicted octanol–water partition coefficient (Wildman–Crippen LogP) is 4.62. The summed E-state index contributed by atoms with van der Waals surface area (Å²) in [5, 5.41) is 22.0. The Morgan fingerprint density at radius 1 is 0.976 bits per heavy atom. The highest BCUT2D eigenvalue weighted by Gasteiger charge is 2.22. The number of para-hydroxylation sites is 1. The number of likely N-dealkylation sites (N-methyl/N-ethyl adjacent to an activating group) is 1. The molecule has 0 radical (unpaired) electrons. The summed E-state index contributed by atoms with van der Waals surface area (Å²) < 4.78 is 11.0. The van der Waals surface area contributed by atoms with E-state index < -0.39 is 18.2 Å². The van der Waals surface area contributed by atoms with E-state index >= 15 is 0 Å². The highest BCUT2D eigenvalue weighted by Crippen LogP contribution is 2.18. The Kier molecular flexibility index (Phi) is 15.2. The summed E-state index contributed by atoms with van der Waals surface area (Å²) in [5.74, 6) is -0.542. The molecule has 224 valence electrons. The molecule has 2 aromatic carbocycles. The number of aliphatic hydroxyl groups excluding tert-OH is 1. The van der Waals surface area contributed by atoms with Crippen LogP contribution in [-0.4, -0.2) is 72.9 Å². The van der Waals surface area contributed by atoms with Crippen molar-refractivity contribution in [3.8, 4) is 5.75 Å². The molecule has 0 saturated heterocycles. The quantitative estimate of drug-likeness (QED) is 0.167. The maximum Gasteiger partial charge on any atom is 0.303 e. The molecule has 3 N–H and O–H groups in total. The lowest BCUT2D eigenvalue weighted by Crippen LogP contribution is -2.36. The molecule has 2 atom stereocenters. The molecule has 0 fully saturated rings. The van der Waals surface area contributed by atoms with E-state index in [9.17, 15) is 19.5 Å². The summed E-state index contributed by atoms with van der Waals surface area (Å²) >= 11 is 0. The minimum atomic E-state index is -0.900. The smallest absolute Gasteiger partial charge is 0.303 e. The third kappa shape index (κ3) is 13.5. The van der Waals surface area contributed by atoms with Gasteiger partial charge in [0.1, 0.15) is 11.9 Å². The van der Waals surface area contributed by atoms with Crippen molar-refractivity contribution >= 4 is 23.5 Å². The van der Waals surface area contributed by atoms with E-state index in [4.69, 9.17) is 14.6 Å². The van der Waals surface area contributed by atoms with Crippen molar-refractivity contribution < 1.29 is 34.1 Å². The summed E-state index contributed by atoms with van der Waals surface area (Å²) in [6, 6.07) is 14.9. The van der Waals surface area contributed by atoms with Crippen LogP contribution < -0.4 is 10.1 Å². The number of nitrogens with one attached hydrogen (secondary N) is 1. The molecule has 2 unspecified atom stereocenters. The maximum atomic E-state index is 12.6. The fourth-order valence-corrected chi connectivity index (χ4v) is 4.19. The van der Waals surface area contributed by atoms with Crippen molar-refractivity contribution in [1.82, 2.24) is 4.90 Å². The normalized spacial score (nSPS) is 12.6. The molecule has 41 heavy (non-hydrogen) atoms. The van der Waals surface area contributed by atoms with Crippen LogP contribution in [0.25, 0.3) is 0 Å². The first kappa shape index (κ1) is 33.5. The van der Waals surface area contributed by atoms with Crippen molar-refractivity contribution in [2.75, 3.05) is 33.1 Å². The summed E-state index contributed by atoms with van der Waals surface area (Å²) in [6.07, 6.45) is 6.97. The van der Waals surface area contributed by atoms with Gasteiger partial charge in [0.2, 0.25) is 5.91 Å². The molecule has 2 amide bonds. The molecule has 0 aliphatic rings. The minimum Gasteiger partial charge on any atom is -0.497 e. The Hall–Kier alpha value is -3.69. The number of carboxylic acids is 1. The van der Waals surface area contributed by atoms with Crippen LogP contribution in [0.15, 0.2) is 60.7 Å². The topological polar surface area (TPSA) is 125 Å². The van der Waals surface area contributed by atoms with Gasteiger partial charge < -0.3 is 29.9 Å². The number of unbranched alkanes of at least 4 members (excludes halogenated alkanes) is 2. The molecule has 2 rings (SSSR count). The third-order valence-corrected chi connectivity index (χ3v) is 6.58. The highest BCUT2D eigenvalue weighted by atomic mass is 16.5. The summed E-state index contributed by atoms with van der Waals surface area (Å²) in [7, 11) is 4.94. The number of hydrogen-bond donors (Lipinski definition) is 3. The number of aliphatic carboxylic acids is 1. The molecular formula is C32H44N2O7. The second-order valence-corrected chi connectivity index (χ2v) is 10.1. The number of allylic oxidation sites excluding steroid dienone is 1. The van der Waals surface area contributed by atoms with E-state index in [1.54, 1.807) is 45.5 Å². The van der Waals surface area contributed by atoms with Crippen LogP contribution in [0.1, 0.15) is 56.1 Å². The van der Waals surface area contributed by atoms with Crippen molar-refractivity contribution in [2.24, 2.45) is 0 Å². The van der Waals surface area contributed by atoms with E-state index in [-0.39, 0.29) is 31.1 Å². The van der Waals surface area contributed by atoms with Crippen LogP contribution in [0.5, 0.6) is 5.75 Å². The molecule has 2 aromatic rings. The molecule has 9 heteroatoms. The second-order valence-electron chi connectivity index (χ2n) is 10.1. The Balaban J connectivity index is 1.71. The SMILES string of the molecule is COc1ccc(CCC(O)C=CCCCCOC(CCC(=O)Nc2ccccc2CCC(=O)O)C(=O)N(C)C)cc1. The molecule has 0 aliphatic carbocycles. The lowest BCUT2D eigenvalue weighted by molar-refractivity contribution is -0.142. The van der Waals surface area contributed by atoms with Gasteiger partial charge in [-0.25, -0.2) is 0 Å². The average molecular weight is 569 g/mol. The second kappa shape index (κ2) is 18.6. The number of aliphatic hydroxyl groups is 1. The molecule has 9 nitrogen and oxygen atoms in total. The van der Waals surface area contributed by atoms with Gasteiger partial charge >= 0.3 is 5.97 Å². The van der Waals surface area contributed by atoms with Crippen LogP contribution in [-0.2, 0) is 32.0 Å². The molecule has 0 heterocycles. The highest BCUT2D eigenvalue weighted by molar-refractivity contribution is 5.92. The number of anilines is 1. The van der Waals surface area contributed by atoms with E-state index in [0.717, 1.165) is 42.6 Å². The van der Waals surface area contributed by atoms with Gasteiger partial charge in [0, 0.05) is 39.2 Å². The van der Waals surface area contributed by atoms with Gasteiger partial charge in [-0.1, -0.05) is 42.5 Å². The number of aryl methyl sites for hydroxylation is 2. The fourth-order valence-electron chi connectivity index (χ4n) is 4.19. The standard InChI is InChI=1S/C32H44N2O7/c1-34(2)32(39)29(20-21-30(36)33-28-12-8-7-10-25(28)16-22-31(37)38)41-23-9-5-4-6-11-26(35)17-13-24-14-18-27(40-3)19-15-24/h6-8,10-12,14-15,18-19,26,29,35H,4-5,9,13,16-17,20-23H2,1-3H3,(H,33,36)(H,37,38). The van der Waals surface area contributed by atoms with Crippen molar-refractivity contribution in [3.63, 3.8) is 0 Å². The summed E-state index contributed by atoms with van der Waals surface area (Å²) in [5.41, 5.74) is 2.48. The van der Waals surface area contributed by atoms with Crippen LogP contribution in [0.4, 0.5) is 5.69 Å². The Morgan fingerprint density at radius 3 is 2.39 bits per heavy atom. The number of hydrogen-bond acceptors (Lipinski definition) is 6. The number of carbonyl (C=O) groups is 3. The van der Waals surface area contributed by atoms with E-state index in [0.29, 0.717) is 25.1 Å². The fraction of sp³-hybridized carbons (Fsp3) is 0.469. The summed E-state index contributed by atoms with van der Waals surface area (Å²) in [4.78, 5) is 37.6. The number of rotatable bonds is 19. The molecule has 0 spiro atoms. The number of benzene rings is 2. The average Bonchev–Trinajstić information content (AvgIpc) is 2.96. The van der Waals surface area contributed by atoms with Crippen LogP contribution >= 0.6 is 0 Å². The number of ether oxygens (including phenoxy) is 2. The van der Waals surface area contributed by atoms with Crippen molar-refractivity contribution in [2.45, 2.75) is 70.0 Å². The van der Waals surface area contributed by atoms with Gasteiger partial charge in [0.25, 0.3) is 5.91 Å². The van der Waals surface area contributed by atoms with E-state index in [2.05, 4.69) is 5.32 Å². The zero-order valence-corrected chi connectivity index (χ0v) is 24.4. The van der Waals surface area contributed by atoms with Crippen molar-refractivity contribution in [3.05, 3.63) is 71.8 Å². The molecule has 0 bridgehead atoms. The van der Waals surface area contributed by atoms with Gasteiger partial charge in [-0.05, 0) is 74.3 Å².